The van der Waals surface area contributed by atoms with E-state index in [-0.39, 0.29) is 12.8 Å². The normalized spacial score (nSPS) is 18.3. The highest BCUT2D eigenvalue weighted by molar-refractivity contribution is 7.15. The van der Waals surface area contributed by atoms with Gasteiger partial charge in [-0.05, 0) is 24.3 Å². The van der Waals surface area contributed by atoms with E-state index in [9.17, 15) is 29.9 Å². The molecular weight excluding hydrogens is 412 g/mol. The van der Waals surface area contributed by atoms with Gasteiger partial charge in [-0.2, -0.15) is 0 Å². The molecule has 156 valence electrons. The molecule has 3 rings (SSSR count). The molecule has 9 nitrogen and oxygen atoms in total. The molecule has 0 saturated carbocycles. The van der Waals surface area contributed by atoms with Gasteiger partial charge in [-0.1, -0.05) is 18.2 Å². The molecule has 1 aromatic carbocycles. The number of carboxylic acid groups (broad SMARTS) is 1. The van der Waals surface area contributed by atoms with Crippen LogP contribution in [0.3, 0.4) is 0 Å². The molecule has 1 aliphatic rings. The average Bonchev–Trinajstić information content (AvgIpc) is 3.12. The molecule has 0 bridgehead atoms. The lowest BCUT2D eigenvalue weighted by Gasteiger charge is -2.23. The molecule has 1 unspecified atom stereocenters. The van der Waals surface area contributed by atoms with Crippen molar-refractivity contribution in [2.24, 2.45) is 0 Å². The van der Waals surface area contributed by atoms with Crippen LogP contribution in [0.4, 0.5) is 5.69 Å². The Kier molecular flexibility index (Phi) is 5.88. The summed E-state index contributed by atoms with van der Waals surface area (Å²) in [4.78, 5) is 35.9. The number of carbonyl (C=O) groups excluding carboxylic acids is 1. The number of aliphatic hydroxyl groups is 2. The van der Waals surface area contributed by atoms with Crippen molar-refractivity contribution in [3.05, 3.63) is 75.1 Å². The second-order valence-electron chi connectivity index (χ2n) is 6.79. The number of amides is 1. The molecule has 2 aromatic rings. The van der Waals surface area contributed by atoms with E-state index in [0.717, 1.165) is 17.0 Å². The molecule has 1 heterocycles. The lowest BCUT2D eigenvalue weighted by Crippen LogP contribution is -2.41. The number of rotatable bonds is 7. The number of benzene rings is 1. The lowest BCUT2D eigenvalue weighted by molar-refractivity contribution is -0.553. The number of carbonyl (C=O) groups is 2. The SMILES string of the molecule is O=C(O)Cc1ccc(-c2ccccc2NC(=O)CC2([N+](=O)[O-])C=C(O)C(O)=CC2)s1. The van der Waals surface area contributed by atoms with E-state index in [1.54, 1.807) is 36.4 Å². The molecule has 1 aromatic heterocycles. The first-order valence-electron chi connectivity index (χ1n) is 8.86. The zero-order valence-electron chi connectivity index (χ0n) is 15.6. The number of para-hydroxylation sites is 1. The zero-order valence-corrected chi connectivity index (χ0v) is 16.4. The summed E-state index contributed by atoms with van der Waals surface area (Å²) in [6.07, 6.45) is 1.09. The van der Waals surface area contributed by atoms with Gasteiger partial charge in [0, 0.05) is 38.4 Å². The fourth-order valence-corrected chi connectivity index (χ4v) is 4.16. The van der Waals surface area contributed by atoms with Crippen molar-refractivity contribution < 1.29 is 29.8 Å². The van der Waals surface area contributed by atoms with Gasteiger partial charge < -0.3 is 20.6 Å². The van der Waals surface area contributed by atoms with Crippen molar-refractivity contribution in [2.75, 3.05) is 5.32 Å². The van der Waals surface area contributed by atoms with Gasteiger partial charge in [-0.25, -0.2) is 0 Å². The predicted octanol–water partition coefficient (Wildman–Crippen LogP) is 3.67. The number of nitrogens with zero attached hydrogens (tertiary/aromatic N) is 1. The predicted molar refractivity (Wildman–Crippen MR) is 110 cm³/mol. The molecule has 1 aliphatic carbocycles. The van der Waals surface area contributed by atoms with Crippen LogP contribution in [0.5, 0.6) is 0 Å². The van der Waals surface area contributed by atoms with Gasteiger partial charge in [-0.3, -0.25) is 19.7 Å². The van der Waals surface area contributed by atoms with E-state index in [1.807, 2.05) is 0 Å². The third kappa shape index (κ3) is 4.49. The van der Waals surface area contributed by atoms with Crippen LogP contribution in [-0.2, 0) is 16.0 Å². The number of carboxylic acids is 1. The first-order chi connectivity index (χ1) is 14.2. The summed E-state index contributed by atoms with van der Waals surface area (Å²) in [5.74, 6) is -2.69. The van der Waals surface area contributed by atoms with Gasteiger partial charge in [0.1, 0.15) is 6.42 Å². The number of nitro groups is 1. The van der Waals surface area contributed by atoms with Crippen LogP contribution in [0.1, 0.15) is 17.7 Å². The largest absolute Gasteiger partial charge is 0.504 e. The van der Waals surface area contributed by atoms with E-state index in [1.165, 1.54) is 11.3 Å². The molecule has 1 amide bonds. The number of nitrogens with one attached hydrogen (secondary N) is 1. The van der Waals surface area contributed by atoms with E-state index < -0.39 is 40.3 Å². The van der Waals surface area contributed by atoms with Gasteiger partial charge >= 0.3 is 5.97 Å². The van der Waals surface area contributed by atoms with Gasteiger partial charge in [0.15, 0.2) is 11.5 Å². The zero-order chi connectivity index (χ0) is 21.9. The number of hydrogen-bond donors (Lipinski definition) is 4. The maximum absolute atomic E-state index is 12.6. The summed E-state index contributed by atoms with van der Waals surface area (Å²) in [5, 5.41) is 42.4. The molecule has 0 spiro atoms. The van der Waals surface area contributed by atoms with Crippen molar-refractivity contribution in [2.45, 2.75) is 24.8 Å². The molecule has 1 atom stereocenters. The van der Waals surface area contributed by atoms with Crippen LogP contribution >= 0.6 is 11.3 Å². The minimum Gasteiger partial charge on any atom is -0.504 e. The van der Waals surface area contributed by atoms with Gasteiger partial charge in [0.25, 0.3) is 5.54 Å². The fourth-order valence-electron chi connectivity index (χ4n) is 3.13. The summed E-state index contributed by atoms with van der Waals surface area (Å²) in [5.41, 5.74) is -0.790. The minimum atomic E-state index is -1.87. The molecule has 0 radical (unpaired) electrons. The Labute approximate surface area is 174 Å². The Morgan fingerprint density at radius 3 is 2.57 bits per heavy atom. The maximum atomic E-state index is 12.6. The molecule has 0 saturated heterocycles. The molecular formula is C20H18N2O7S. The number of anilines is 1. The van der Waals surface area contributed by atoms with E-state index in [2.05, 4.69) is 5.32 Å². The van der Waals surface area contributed by atoms with Gasteiger partial charge in [-0.15, -0.1) is 11.3 Å². The Hall–Kier alpha value is -3.66. The van der Waals surface area contributed by atoms with Gasteiger partial charge in [0.2, 0.25) is 5.91 Å². The monoisotopic (exact) mass is 430 g/mol. The van der Waals surface area contributed by atoms with Crippen LogP contribution in [-0.4, -0.2) is 37.7 Å². The molecule has 10 heteroatoms. The average molecular weight is 430 g/mol. The second kappa shape index (κ2) is 8.37. The highest BCUT2D eigenvalue weighted by Crippen LogP contribution is 2.35. The van der Waals surface area contributed by atoms with E-state index in [4.69, 9.17) is 5.11 Å². The summed E-state index contributed by atoms with van der Waals surface area (Å²) < 4.78 is 0. The highest BCUT2D eigenvalue weighted by atomic mass is 32.1. The van der Waals surface area contributed by atoms with Crippen molar-refractivity contribution >= 4 is 28.9 Å². The Morgan fingerprint density at radius 2 is 1.90 bits per heavy atom. The Morgan fingerprint density at radius 1 is 1.17 bits per heavy atom. The summed E-state index contributed by atoms with van der Waals surface area (Å²) in [7, 11) is 0. The fraction of sp³-hybridized carbons (Fsp3) is 0.200. The quantitative estimate of drug-likeness (QED) is 0.386. The number of aliphatic carboxylic acids is 1. The first kappa shape index (κ1) is 21.1. The first-order valence-corrected chi connectivity index (χ1v) is 9.67. The number of hydrogen-bond acceptors (Lipinski definition) is 7. The topological polar surface area (TPSA) is 150 Å². The summed E-state index contributed by atoms with van der Waals surface area (Å²) in [6, 6.07) is 10.3. The molecule has 30 heavy (non-hydrogen) atoms. The Balaban J connectivity index is 1.82. The van der Waals surface area contributed by atoms with Crippen LogP contribution in [0, 0.1) is 10.1 Å². The van der Waals surface area contributed by atoms with Crippen molar-refractivity contribution in [1.29, 1.82) is 0 Å². The lowest BCUT2D eigenvalue weighted by atomic mass is 9.87. The summed E-state index contributed by atoms with van der Waals surface area (Å²) in [6.45, 7) is 0. The van der Waals surface area contributed by atoms with Crippen molar-refractivity contribution in [1.82, 2.24) is 0 Å². The standard InChI is InChI=1S/C20H18N2O7S/c23-15-7-8-20(22(28)29,10-16(15)24)11-18(25)21-14-4-2-1-3-13(14)17-6-5-12(30-17)9-19(26)27/h1-7,10,23-24H,8-9,11H2,(H,21,25)(H,26,27). The number of thiophene rings is 1. The van der Waals surface area contributed by atoms with Gasteiger partial charge in [0.05, 0.1) is 6.42 Å². The van der Waals surface area contributed by atoms with Crippen LogP contribution in [0.25, 0.3) is 10.4 Å². The summed E-state index contributed by atoms with van der Waals surface area (Å²) >= 11 is 1.28. The Bertz CT molecular complexity index is 1070. The van der Waals surface area contributed by atoms with E-state index >= 15 is 0 Å². The maximum Gasteiger partial charge on any atom is 0.308 e. The van der Waals surface area contributed by atoms with Crippen LogP contribution in [0.2, 0.25) is 0 Å². The molecule has 0 aliphatic heterocycles. The van der Waals surface area contributed by atoms with Crippen LogP contribution in [0.15, 0.2) is 60.1 Å². The third-order valence-corrected chi connectivity index (χ3v) is 5.72. The van der Waals surface area contributed by atoms with Crippen molar-refractivity contribution in [3.63, 3.8) is 0 Å². The van der Waals surface area contributed by atoms with Crippen molar-refractivity contribution in [3.8, 4) is 10.4 Å². The van der Waals surface area contributed by atoms with Crippen LogP contribution < -0.4 is 5.32 Å². The van der Waals surface area contributed by atoms with E-state index in [0.29, 0.717) is 16.1 Å². The molecule has 4 N–H and O–H groups in total. The second-order valence-corrected chi connectivity index (χ2v) is 7.96. The number of aliphatic hydroxyl groups excluding tert-OH is 2. The third-order valence-electron chi connectivity index (χ3n) is 4.60. The molecule has 0 fully saturated rings. The highest BCUT2D eigenvalue weighted by Gasteiger charge is 2.45. The minimum absolute atomic E-state index is 0.110. The smallest absolute Gasteiger partial charge is 0.308 e.